The highest BCUT2D eigenvalue weighted by Crippen LogP contribution is 2.10. The van der Waals surface area contributed by atoms with Gasteiger partial charge in [0.2, 0.25) is 0 Å². The van der Waals surface area contributed by atoms with Crippen LogP contribution in [0.15, 0.2) is 0 Å². The topological polar surface area (TPSA) is 34.1 Å². The van der Waals surface area contributed by atoms with E-state index < -0.39 is 9.84 Å². The van der Waals surface area contributed by atoms with Crippen molar-refractivity contribution in [1.82, 2.24) is 0 Å². The number of rotatable bonds is 3. The molecule has 0 bridgehead atoms. The maximum atomic E-state index is 10.9. The van der Waals surface area contributed by atoms with E-state index in [9.17, 15) is 8.42 Å². The highest BCUT2D eigenvalue weighted by Gasteiger charge is 2.15. The van der Waals surface area contributed by atoms with E-state index in [0.29, 0.717) is 5.92 Å². The third-order valence-electron chi connectivity index (χ3n) is 1.53. The van der Waals surface area contributed by atoms with Crippen LogP contribution >= 0.6 is 0 Å². The van der Waals surface area contributed by atoms with Gasteiger partial charge in [0.05, 0.1) is 5.25 Å². The van der Waals surface area contributed by atoms with Crippen LogP contribution in [0.3, 0.4) is 0 Å². The zero-order chi connectivity index (χ0) is 8.36. The smallest absolute Gasteiger partial charge is 0.150 e. The van der Waals surface area contributed by atoms with Gasteiger partial charge in [-0.2, -0.15) is 0 Å². The Hall–Kier alpha value is -0.0500. The molecule has 0 radical (unpaired) electrons. The van der Waals surface area contributed by atoms with Crippen molar-refractivity contribution in [2.45, 2.75) is 32.4 Å². The fourth-order valence-corrected chi connectivity index (χ4v) is 1.57. The molecule has 1 unspecified atom stereocenters. The summed E-state index contributed by atoms with van der Waals surface area (Å²) < 4.78 is 21.7. The predicted molar refractivity (Wildman–Crippen MR) is 43.8 cm³/mol. The first-order chi connectivity index (χ1) is 4.34. The molecule has 0 saturated heterocycles. The summed E-state index contributed by atoms with van der Waals surface area (Å²) in [6.45, 7) is 5.82. The first-order valence-electron chi connectivity index (χ1n) is 3.53. The summed E-state index contributed by atoms with van der Waals surface area (Å²) in [6, 6.07) is 0. The van der Waals surface area contributed by atoms with E-state index in [-0.39, 0.29) is 5.25 Å². The maximum Gasteiger partial charge on any atom is 0.150 e. The monoisotopic (exact) mass is 164 g/mol. The molecule has 0 aromatic heterocycles. The first kappa shape index (κ1) is 9.95. The van der Waals surface area contributed by atoms with Gasteiger partial charge >= 0.3 is 0 Å². The van der Waals surface area contributed by atoms with E-state index in [1.54, 1.807) is 6.92 Å². The van der Waals surface area contributed by atoms with Crippen molar-refractivity contribution in [2.75, 3.05) is 6.26 Å². The lowest BCUT2D eigenvalue weighted by Crippen LogP contribution is -2.17. The van der Waals surface area contributed by atoms with Crippen molar-refractivity contribution in [1.29, 1.82) is 0 Å². The van der Waals surface area contributed by atoms with Crippen molar-refractivity contribution < 1.29 is 8.42 Å². The highest BCUT2D eigenvalue weighted by atomic mass is 32.2. The Kier molecular flexibility index (Phi) is 3.36. The van der Waals surface area contributed by atoms with Gasteiger partial charge in [0.25, 0.3) is 0 Å². The summed E-state index contributed by atoms with van der Waals surface area (Å²) in [4.78, 5) is 0. The molecule has 0 spiro atoms. The predicted octanol–water partition coefficient (Wildman–Crippen LogP) is 1.47. The van der Waals surface area contributed by atoms with Crippen molar-refractivity contribution >= 4 is 9.84 Å². The molecule has 0 amide bonds. The van der Waals surface area contributed by atoms with E-state index in [1.807, 2.05) is 13.8 Å². The molecule has 62 valence electrons. The maximum absolute atomic E-state index is 10.9. The van der Waals surface area contributed by atoms with E-state index in [2.05, 4.69) is 0 Å². The van der Waals surface area contributed by atoms with Crippen molar-refractivity contribution in [3.8, 4) is 0 Å². The fraction of sp³-hybridized carbons (Fsp3) is 1.00. The number of hydrogen-bond donors (Lipinski definition) is 0. The van der Waals surface area contributed by atoms with Gasteiger partial charge in [0, 0.05) is 6.26 Å². The molecule has 10 heavy (non-hydrogen) atoms. The van der Waals surface area contributed by atoms with E-state index in [4.69, 9.17) is 0 Å². The molecule has 0 rings (SSSR count). The van der Waals surface area contributed by atoms with Gasteiger partial charge in [-0.3, -0.25) is 0 Å². The van der Waals surface area contributed by atoms with Crippen LogP contribution in [-0.2, 0) is 9.84 Å². The molecule has 0 heterocycles. The van der Waals surface area contributed by atoms with Gasteiger partial charge < -0.3 is 0 Å². The first-order valence-corrected chi connectivity index (χ1v) is 5.48. The quantitative estimate of drug-likeness (QED) is 0.633. The lowest BCUT2D eigenvalue weighted by Gasteiger charge is -2.10. The molecule has 0 aliphatic carbocycles. The lowest BCUT2D eigenvalue weighted by molar-refractivity contribution is 0.541. The molecule has 0 aromatic carbocycles. The normalized spacial score (nSPS) is 15.7. The number of hydrogen-bond acceptors (Lipinski definition) is 2. The van der Waals surface area contributed by atoms with Gasteiger partial charge in [0.15, 0.2) is 0 Å². The Morgan fingerprint density at radius 3 is 1.70 bits per heavy atom. The van der Waals surface area contributed by atoms with E-state index in [1.165, 1.54) is 6.26 Å². The Bertz CT molecular complexity index is 180. The minimum atomic E-state index is -2.80. The van der Waals surface area contributed by atoms with Crippen LogP contribution in [0.2, 0.25) is 0 Å². The van der Waals surface area contributed by atoms with Crippen LogP contribution in [0, 0.1) is 5.92 Å². The molecule has 2 nitrogen and oxygen atoms in total. The van der Waals surface area contributed by atoms with Gasteiger partial charge in [-0.05, 0) is 19.3 Å². The summed E-state index contributed by atoms with van der Waals surface area (Å²) in [5.41, 5.74) is 0. The molecule has 3 heteroatoms. The summed E-state index contributed by atoms with van der Waals surface area (Å²) in [5, 5.41) is -0.188. The molecular formula is C7H16O2S. The second-order valence-electron chi connectivity index (χ2n) is 3.27. The average molecular weight is 164 g/mol. The fourth-order valence-electron chi connectivity index (χ4n) is 0.839. The summed E-state index contributed by atoms with van der Waals surface area (Å²) in [7, 11) is -2.80. The van der Waals surface area contributed by atoms with E-state index in [0.717, 1.165) is 6.42 Å². The summed E-state index contributed by atoms with van der Waals surface area (Å²) in [6.07, 6.45) is 2.05. The summed E-state index contributed by atoms with van der Waals surface area (Å²) >= 11 is 0. The average Bonchev–Trinajstić information content (AvgIpc) is 1.60. The second-order valence-corrected chi connectivity index (χ2v) is 5.73. The molecule has 0 saturated carbocycles. The minimum absolute atomic E-state index is 0.188. The van der Waals surface area contributed by atoms with Gasteiger partial charge in [-0.1, -0.05) is 13.8 Å². The second kappa shape index (κ2) is 3.37. The molecule has 0 N–H and O–H groups in total. The highest BCUT2D eigenvalue weighted by molar-refractivity contribution is 7.91. The third kappa shape index (κ3) is 3.88. The van der Waals surface area contributed by atoms with Gasteiger partial charge in [-0.15, -0.1) is 0 Å². The molecule has 0 aliphatic heterocycles. The zero-order valence-corrected chi connectivity index (χ0v) is 7.90. The van der Waals surface area contributed by atoms with Crippen molar-refractivity contribution in [3.63, 3.8) is 0 Å². The van der Waals surface area contributed by atoms with E-state index >= 15 is 0 Å². The van der Waals surface area contributed by atoms with Crippen LogP contribution in [0.4, 0.5) is 0 Å². The van der Waals surface area contributed by atoms with Crippen LogP contribution in [0.1, 0.15) is 27.2 Å². The zero-order valence-electron chi connectivity index (χ0n) is 7.09. The molecule has 1 atom stereocenters. The Morgan fingerprint density at radius 1 is 1.20 bits per heavy atom. The SMILES string of the molecule is CC(C)CC(C)S(C)(=O)=O. The largest absolute Gasteiger partial charge is 0.229 e. The molecule has 0 fully saturated rings. The van der Waals surface area contributed by atoms with Crippen LogP contribution in [-0.4, -0.2) is 19.9 Å². The summed E-state index contributed by atoms with van der Waals surface area (Å²) in [5.74, 6) is 0.463. The van der Waals surface area contributed by atoms with Crippen LogP contribution in [0.25, 0.3) is 0 Å². The lowest BCUT2D eigenvalue weighted by atomic mass is 10.1. The molecule has 0 aromatic rings. The van der Waals surface area contributed by atoms with Crippen LogP contribution in [0.5, 0.6) is 0 Å². The third-order valence-corrected chi connectivity index (χ3v) is 3.19. The Balaban J connectivity index is 3.99. The Labute approximate surface area is 63.6 Å². The van der Waals surface area contributed by atoms with Crippen molar-refractivity contribution in [3.05, 3.63) is 0 Å². The van der Waals surface area contributed by atoms with Gasteiger partial charge in [0.1, 0.15) is 9.84 Å². The standard InChI is InChI=1S/C7H16O2S/c1-6(2)5-7(3)10(4,8)9/h6-7H,5H2,1-4H3. The Morgan fingerprint density at radius 2 is 1.60 bits per heavy atom. The van der Waals surface area contributed by atoms with Crippen LogP contribution < -0.4 is 0 Å². The minimum Gasteiger partial charge on any atom is -0.229 e. The molecular weight excluding hydrogens is 148 g/mol. The van der Waals surface area contributed by atoms with Gasteiger partial charge in [-0.25, -0.2) is 8.42 Å². The molecule has 0 aliphatic rings. The van der Waals surface area contributed by atoms with Crippen molar-refractivity contribution in [2.24, 2.45) is 5.92 Å². The number of sulfone groups is 1.